The minimum Gasteiger partial charge on any atom is -0.370 e. The van der Waals surface area contributed by atoms with Crippen LogP contribution in [0.1, 0.15) is 23.2 Å². The number of halogens is 1. The minimum atomic E-state index is -0.492. The molecule has 0 spiro atoms. The molecule has 0 saturated carbocycles. The molecule has 2 rings (SSSR count). The second-order valence-electron chi connectivity index (χ2n) is 4.64. The molecule has 1 fully saturated rings. The molecular formula is C13H18ClN3O. The van der Waals surface area contributed by atoms with Crippen molar-refractivity contribution in [3.05, 3.63) is 28.8 Å². The van der Waals surface area contributed by atoms with Gasteiger partial charge in [0.25, 0.3) is 0 Å². The molecule has 1 heterocycles. The third-order valence-electron chi connectivity index (χ3n) is 3.44. The maximum atomic E-state index is 11.1. The second-order valence-corrected chi connectivity index (χ2v) is 5.05. The number of nitrogens with one attached hydrogen (secondary N) is 1. The Kier molecular flexibility index (Phi) is 4.09. The van der Waals surface area contributed by atoms with E-state index in [0.29, 0.717) is 16.6 Å². The van der Waals surface area contributed by atoms with Crippen LogP contribution in [0.2, 0.25) is 5.02 Å². The lowest BCUT2D eigenvalue weighted by atomic mass is 10.1. The molecule has 18 heavy (non-hydrogen) atoms. The number of hydrogen-bond donors (Lipinski definition) is 2. The Labute approximate surface area is 112 Å². The molecule has 1 aromatic carbocycles. The summed E-state index contributed by atoms with van der Waals surface area (Å²) in [6.07, 6.45) is 2.35. The van der Waals surface area contributed by atoms with Crippen LogP contribution in [0.3, 0.4) is 0 Å². The van der Waals surface area contributed by atoms with E-state index < -0.39 is 5.91 Å². The number of primary amides is 1. The Morgan fingerprint density at radius 1 is 1.56 bits per heavy atom. The summed E-state index contributed by atoms with van der Waals surface area (Å²) in [6.45, 7) is 2.07. The van der Waals surface area contributed by atoms with Crippen LogP contribution in [0.25, 0.3) is 0 Å². The number of nitrogens with two attached hydrogens (primary N) is 1. The van der Waals surface area contributed by atoms with E-state index >= 15 is 0 Å². The molecule has 0 radical (unpaired) electrons. The topological polar surface area (TPSA) is 58.4 Å². The molecule has 1 saturated heterocycles. The van der Waals surface area contributed by atoms with Gasteiger partial charge < -0.3 is 16.0 Å². The van der Waals surface area contributed by atoms with Gasteiger partial charge in [-0.15, -0.1) is 0 Å². The highest BCUT2D eigenvalue weighted by molar-refractivity contribution is 6.34. The number of likely N-dealkylation sites (N-methyl/N-ethyl adjacent to an activating group) is 1. The predicted octanol–water partition coefficient (Wildman–Crippen LogP) is 1.63. The van der Waals surface area contributed by atoms with Gasteiger partial charge in [0.15, 0.2) is 0 Å². The normalized spacial score (nSPS) is 19.6. The van der Waals surface area contributed by atoms with E-state index in [1.54, 1.807) is 12.1 Å². The summed E-state index contributed by atoms with van der Waals surface area (Å²) in [4.78, 5) is 13.3. The van der Waals surface area contributed by atoms with Gasteiger partial charge in [-0.05, 0) is 37.6 Å². The highest BCUT2D eigenvalue weighted by atomic mass is 35.5. The average Bonchev–Trinajstić information content (AvgIpc) is 2.38. The molecule has 3 N–H and O–H groups in total. The van der Waals surface area contributed by atoms with Gasteiger partial charge in [-0.1, -0.05) is 11.6 Å². The number of benzene rings is 1. The fourth-order valence-corrected chi connectivity index (χ4v) is 2.57. The molecule has 4 nitrogen and oxygen atoms in total. The van der Waals surface area contributed by atoms with Gasteiger partial charge in [-0.3, -0.25) is 4.79 Å². The number of amides is 1. The van der Waals surface area contributed by atoms with Crippen molar-refractivity contribution in [1.29, 1.82) is 0 Å². The highest BCUT2D eigenvalue weighted by Crippen LogP contribution is 2.25. The Morgan fingerprint density at radius 3 is 2.89 bits per heavy atom. The molecule has 5 heteroatoms. The molecular weight excluding hydrogens is 250 g/mol. The molecule has 0 aromatic heterocycles. The van der Waals surface area contributed by atoms with Gasteiger partial charge >= 0.3 is 0 Å². The molecule has 0 bridgehead atoms. The molecule has 1 atom stereocenters. The summed E-state index contributed by atoms with van der Waals surface area (Å²) >= 11 is 6.06. The maximum Gasteiger partial charge on any atom is 0.250 e. The Bertz CT molecular complexity index is 444. The van der Waals surface area contributed by atoms with E-state index in [1.807, 2.05) is 13.1 Å². The van der Waals surface area contributed by atoms with Gasteiger partial charge in [0.05, 0.1) is 10.6 Å². The molecule has 1 aliphatic heterocycles. The van der Waals surface area contributed by atoms with Gasteiger partial charge in [0.2, 0.25) is 5.91 Å². The summed E-state index contributed by atoms with van der Waals surface area (Å²) in [5, 5.41) is 3.79. The van der Waals surface area contributed by atoms with Crippen molar-refractivity contribution in [3.63, 3.8) is 0 Å². The van der Waals surface area contributed by atoms with Gasteiger partial charge in [-0.25, -0.2) is 0 Å². The molecule has 1 amide bonds. The summed E-state index contributed by atoms with van der Waals surface area (Å²) in [7, 11) is 2.05. The van der Waals surface area contributed by atoms with Crippen LogP contribution in [0.4, 0.5) is 5.69 Å². The first-order chi connectivity index (χ1) is 8.59. The quantitative estimate of drug-likeness (QED) is 0.875. The van der Waals surface area contributed by atoms with E-state index in [1.165, 1.54) is 12.8 Å². The van der Waals surface area contributed by atoms with Crippen molar-refractivity contribution >= 4 is 23.2 Å². The number of carbonyl (C=O) groups is 1. The predicted molar refractivity (Wildman–Crippen MR) is 74.3 cm³/mol. The Morgan fingerprint density at radius 2 is 2.33 bits per heavy atom. The highest BCUT2D eigenvalue weighted by Gasteiger charge is 2.19. The number of hydrogen-bond acceptors (Lipinski definition) is 3. The fraction of sp³-hybridized carbons (Fsp3) is 0.462. The molecule has 0 aliphatic carbocycles. The number of nitrogens with zero attached hydrogens (tertiary/aromatic N) is 1. The van der Waals surface area contributed by atoms with Gasteiger partial charge in [-0.2, -0.15) is 0 Å². The SMILES string of the molecule is CN(c1ccc(C(N)=O)c(Cl)c1)C1CCCNC1. The van der Waals surface area contributed by atoms with Crippen LogP contribution in [-0.4, -0.2) is 32.1 Å². The first kappa shape index (κ1) is 13.2. The molecule has 1 unspecified atom stereocenters. The van der Waals surface area contributed by atoms with Crippen molar-refractivity contribution in [2.24, 2.45) is 5.73 Å². The van der Waals surface area contributed by atoms with Crippen LogP contribution in [-0.2, 0) is 0 Å². The minimum absolute atomic E-state index is 0.371. The van der Waals surface area contributed by atoms with E-state index in [9.17, 15) is 4.79 Å². The first-order valence-electron chi connectivity index (χ1n) is 6.12. The number of piperidine rings is 1. The zero-order valence-electron chi connectivity index (χ0n) is 10.4. The van der Waals surface area contributed by atoms with Crippen molar-refractivity contribution in [3.8, 4) is 0 Å². The van der Waals surface area contributed by atoms with E-state index in [-0.39, 0.29) is 0 Å². The first-order valence-corrected chi connectivity index (χ1v) is 6.50. The second kappa shape index (κ2) is 5.59. The summed E-state index contributed by atoms with van der Waals surface area (Å²) in [6, 6.07) is 5.85. The van der Waals surface area contributed by atoms with Crippen LogP contribution >= 0.6 is 11.6 Å². The number of rotatable bonds is 3. The Hall–Kier alpha value is -1.26. The number of anilines is 1. The van der Waals surface area contributed by atoms with E-state index in [4.69, 9.17) is 17.3 Å². The van der Waals surface area contributed by atoms with Crippen LogP contribution < -0.4 is 16.0 Å². The maximum absolute atomic E-state index is 11.1. The standard InChI is InChI=1S/C13H18ClN3O/c1-17(10-3-2-6-16-8-10)9-4-5-11(13(15)18)12(14)7-9/h4-5,7,10,16H,2-3,6,8H2,1H3,(H2,15,18). The van der Waals surface area contributed by atoms with Gasteiger partial charge in [0, 0.05) is 25.3 Å². The lowest BCUT2D eigenvalue weighted by Gasteiger charge is -2.33. The average molecular weight is 268 g/mol. The molecule has 1 aromatic rings. The fourth-order valence-electron chi connectivity index (χ4n) is 2.30. The monoisotopic (exact) mass is 267 g/mol. The van der Waals surface area contributed by atoms with Crippen LogP contribution in [0, 0.1) is 0 Å². The summed E-state index contributed by atoms with van der Waals surface area (Å²) < 4.78 is 0. The van der Waals surface area contributed by atoms with Crippen LogP contribution in [0.5, 0.6) is 0 Å². The van der Waals surface area contributed by atoms with Gasteiger partial charge in [0.1, 0.15) is 0 Å². The summed E-state index contributed by atoms with van der Waals surface area (Å²) in [5.41, 5.74) is 6.62. The van der Waals surface area contributed by atoms with Crippen LogP contribution in [0.15, 0.2) is 18.2 Å². The van der Waals surface area contributed by atoms with E-state index in [0.717, 1.165) is 18.8 Å². The third-order valence-corrected chi connectivity index (χ3v) is 3.76. The largest absolute Gasteiger partial charge is 0.370 e. The van der Waals surface area contributed by atoms with Crippen molar-refractivity contribution in [2.75, 3.05) is 25.0 Å². The van der Waals surface area contributed by atoms with Crippen molar-refractivity contribution in [1.82, 2.24) is 5.32 Å². The summed E-state index contributed by atoms with van der Waals surface area (Å²) in [5.74, 6) is -0.492. The third kappa shape index (κ3) is 2.76. The molecule has 1 aliphatic rings. The van der Waals surface area contributed by atoms with Crippen molar-refractivity contribution < 1.29 is 4.79 Å². The zero-order chi connectivity index (χ0) is 13.1. The van der Waals surface area contributed by atoms with E-state index in [2.05, 4.69) is 10.2 Å². The zero-order valence-corrected chi connectivity index (χ0v) is 11.2. The lowest BCUT2D eigenvalue weighted by Crippen LogP contribution is -2.44. The molecule has 98 valence electrons. The Balaban J connectivity index is 2.17. The lowest BCUT2D eigenvalue weighted by molar-refractivity contribution is 0.100. The smallest absolute Gasteiger partial charge is 0.250 e. The van der Waals surface area contributed by atoms with Crippen molar-refractivity contribution in [2.45, 2.75) is 18.9 Å². The number of carbonyl (C=O) groups excluding carboxylic acids is 1.